The van der Waals surface area contributed by atoms with E-state index in [2.05, 4.69) is 23.2 Å². The molecule has 0 bridgehead atoms. The molecule has 100 valence electrons. The number of benzene rings is 1. The lowest BCUT2D eigenvalue weighted by Crippen LogP contribution is -2.42. The first kappa shape index (κ1) is 13.2. The average Bonchev–Trinajstić information content (AvgIpc) is 2.42. The van der Waals surface area contributed by atoms with E-state index in [0.29, 0.717) is 5.75 Å². The highest BCUT2D eigenvalue weighted by Gasteiger charge is 2.15. The summed E-state index contributed by atoms with van der Waals surface area (Å²) in [5, 5.41) is 13.5. The number of methoxy groups -OCH3 is 1. The van der Waals surface area contributed by atoms with Crippen molar-refractivity contribution in [2.45, 2.75) is 19.9 Å². The zero-order chi connectivity index (χ0) is 13.0. The van der Waals surface area contributed by atoms with Gasteiger partial charge in [0.05, 0.1) is 7.11 Å². The van der Waals surface area contributed by atoms with Gasteiger partial charge in [-0.25, -0.2) is 0 Å². The summed E-state index contributed by atoms with van der Waals surface area (Å²) in [7, 11) is 1.60. The normalized spacial score (nSPS) is 16.8. The second kappa shape index (κ2) is 6.07. The van der Waals surface area contributed by atoms with Gasteiger partial charge >= 0.3 is 0 Å². The minimum atomic E-state index is 0.285. The molecule has 2 rings (SSSR count). The second-order valence-corrected chi connectivity index (χ2v) is 4.69. The Kier molecular flexibility index (Phi) is 4.44. The predicted octanol–water partition coefficient (Wildman–Crippen LogP) is 1.37. The molecule has 1 aromatic rings. The molecule has 1 fully saturated rings. The number of aryl methyl sites for hydroxylation is 1. The first-order chi connectivity index (χ1) is 8.74. The molecule has 4 nitrogen and oxygen atoms in total. The van der Waals surface area contributed by atoms with Gasteiger partial charge in [0.15, 0.2) is 11.5 Å². The number of nitrogens with zero attached hydrogens (tertiary/aromatic N) is 1. The summed E-state index contributed by atoms with van der Waals surface area (Å²) in [6.07, 6.45) is 0.950. The van der Waals surface area contributed by atoms with E-state index in [4.69, 9.17) is 4.74 Å². The molecule has 0 radical (unpaired) electrons. The number of rotatable bonds is 4. The van der Waals surface area contributed by atoms with Gasteiger partial charge in [-0.15, -0.1) is 0 Å². The Balaban J connectivity index is 2.19. The van der Waals surface area contributed by atoms with Crippen LogP contribution < -0.4 is 10.1 Å². The van der Waals surface area contributed by atoms with Crippen LogP contribution in [0.25, 0.3) is 0 Å². The maximum absolute atomic E-state index is 10.2. The molecule has 1 heterocycles. The number of aromatic hydroxyl groups is 1. The highest BCUT2D eigenvalue weighted by atomic mass is 16.5. The van der Waals surface area contributed by atoms with Crippen LogP contribution in [0.3, 0.4) is 0 Å². The first-order valence-corrected chi connectivity index (χ1v) is 6.56. The van der Waals surface area contributed by atoms with Gasteiger partial charge in [-0.2, -0.15) is 0 Å². The van der Waals surface area contributed by atoms with Crippen molar-refractivity contribution in [3.05, 3.63) is 23.3 Å². The molecule has 1 aromatic carbocycles. The van der Waals surface area contributed by atoms with Crippen LogP contribution in [0.4, 0.5) is 0 Å². The summed E-state index contributed by atoms with van der Waals surface area (Å²) in [5.41, 5.74) is 2.17. The lowest BCUT2D eigenvalue weighted by molar-refractivity contribution is 0.229. The zero-order valence-electron chi connectivity index (χ0n) is 11.2. The predicted molar refractivity (Wildman–Crippen MR) is 72.2 cm³/mol. The summed E-state index contributed by atoms with van der Waals surface area (Å²) in [6.45, 7) is 6.99. The Labute approximate surface area is 109 Å². The summed E-state index contributed by atoms with van der Waals surface area (Å²) in [6, 6.07) is 4.00. The van der Waals surface area contributed by atoms with Crippen molar-refractivity contribution in [1.82, 2.24) is 10.2 Å². The van der Waals surface area contributed by atoms with Crippen LogP contribution in [0.5, 0.6) is 11.5 Å². The van der Waals surface area contributed by atoms with E-state index in [1.54, 1.807) is 7.11 Å². The topological polar surface area (TPSA) is 44.7 Å². The Morgan fingerprint density at radius 2 is 2.06 bits per heavy atom. The summed E-state index contributed by atoms with van der Waals surface area (Å²) in [5.74, 6) is 0.868. The second-order valence-electron chi connectivity index (χ2n) is 4.69. The molecule has 1 aliphatic heterocycles. The lowest BCUT2D eigenvalue weighted by atomic mass is 10.1. The number of hydrogen-bond donors (Lipinski definition) is 2. The molecular weight excluding hydrogens is 228 g/mol. The third kappa shape index (κ3) is 2.94. The van der Waals surface area contributed by atoms with E-state index in [-0.39, 0.29) is 5.75 Å². The largest absolute Gasteiger partial charge is 0.504 e. The SMILES string of the molecule is CCc1cc(CN2CCNCC2)c(O)c(OC)c1. The third-order valence-electron chi connectivity index (χ3n) is 3.45. The van der Waals surface area contributed by atoms with Crippen LogP contribution in [0.2, 0.25) is 0 Å². The Morgan fingerprint density at radius 1 is 1.33 bits per heavy atom. The van der Waals surface area contributed by atoms with Crippen molar-refractivity contribution in [1.29, 1.82) is 0 Å². The molecule has 2 N–H and O–H groups in total. The number of piperazine rings is 1. The molecule has 0 amide bonds. The average molecular weight is 250 g/mol. The third-order valence-corrected chi connectivity index (χ3v) is 3.45. The fourth-order valence-corrected chi connectivity index (χ4v) is 2.32. The summed E-state index contributed by atoms with van der Waals surface area (Å²) >= 11 is 0. The lowest BCUT2D eigenvalue weighted by Gasteiger charge is -2.27. The Hall–Kier alpha value is -1.26. The molecule has 18 heavy (non-hydrogen) atoms. The molecule has 0 spiro atoms. The van der Waals surface area contributed by atoms with Gasteiger partial charge in [-0.1, -0.05) is 13.0 Å². The van der Waals surface area contributed by atoms with Gasteiger partial charge in [0, 0.05) is 38.3 Å². The summed E-state index contributed by atoms with van der Waals surface area (Å²) in [4.78, 5) is 2.35. The maximum Gasteiger partial charge on any atom is 0.162 e. The fraction of sp³-hybridized carbons (Fsp3) is 0.571. The van der Waals surface area contributed by atoms with Crippen LogP contribution in [0.15, 0.2) is 12.1 Å². The van der Waals surface area contributed by atoms with E-state index in [9.17, 15) is 5.11 Å². The molecular formula is C14H22N2O2. The number of phenols is 1. The first-order valence-electron chi connectivity index (χ1n) is 6.56. The van der Waals surface area contributed by atoms with Crippen LogP contribution in [0.1, 0.15) is 18.1 Å². The van der Waals surface area contributed by atoms with E-state index < -0.39 is 0 Å². The van der Waals surface area contributed by atoms with Gasteiger partial charge in [0.1, 0.15) is 0 Å². The molecule has 1 saturated heterocycles. The quantitative estimate of drug-likeness (QED) is 0.847. The van der Waals surface area contributed by atoms with Crippen molar-refractivity contribution in [2.24, 2.45) is 0 Å². The smallest absolute Gasteiger partial charge is 0.162 e. The van der Waals surface area contributed by atoms with Crippen molar-refractivity contribution in [3.8, 4) is 11.5 Å². The van der Waals surface area contributed by atoms with Gasteiger partial charge in [-0.3, -0.25) is 4.90 Å². The van der Waals surface area contributed by atoms with E-state index in [1.807, 2.05) is 6.07 Å². The van der Waals surface area contributed by atoms with Gasteiger partial charge in [0.25, 0.3) is 0 Å². The fourth-order valence-electron chi connectivity index (χ4n) is 2.32. The van der Waals surface area contributed by atoms with E-state index >= 15 is 0 Å². The van der Waals surface area contributed by atoms with Gasteiger partial charge < -0.3 is 15.2 Å². The molecule has 1 aliphatic rings. The Bertz CT molecular complexity index is 401. The van der Waals surface area contributed by atoms with Crippen molar-refractivity contribution in [2.75, 3.05) is 33.3 Å². The number of phenolic OH excluding ortho intramolecular Hbond substituents is 1. The van der Waals surface area contributed by atoms with Gasteiger partial charge in [0.2, 0.25) is 0 Å². The highest BCUT2D eigenvalue weighted by molar-refractivity contribution is 5.48. The van der Waals surface area contributed by atoms with Crippen LogP contribution in [-0.4, -0.2) is 43.3 Å². The maximum atomic E-state index is 10.2. The minimum absolute atomic E-state index is 0.285. The molecule has 0 saturated carbocycles. The van der Waals surface area contributed by atoms with Crippen molar-refractivity contribution in [3.63, 3.8) is 0 Å². The van der Waals surface area contributed by atoms with Crippen LogP contribution in [-0.2, 0) is 13.0 Å². The van der Waals surface area contributed by atoms with E-state index in [1.165, 1.54) is 5.56 Å². The van der Waals surface area contributed by atoms with E-state index in [0.717, 1.165) is 44.7 Å². The molecule has 4 heteroatoms. The zero-order valence-corrected chi connectivity index (χ0v) is 11.2. The molecule has 0 aliphatic carbocycles. The number of hydrogen-bond acceptors (Lipinski definition) is 4. The van der Waals surface area contributed by atoms with Gasteiger partial charge in [-0.05, 0) is 18.1 Å². The van der Waals surface area contributed by atoms with Crippen LogP contribution in [0, 0.1) is 0 Å². The highest BCUT2D eigenvalue weighted by Crippen LogP contribution is 2.32. The molecule has 0 unspecified atom stereocenters. The summed E-state index contributed by atoms with van der Waals surface area (Å²) < 4.78 is 5.24. The van der Waals surface area contributed by atoms with Crippen molar-refractivity contribution >= 4 is 0 Å². The van der Waals surface area contributed by atoms with Crippen molar-refractivity contribution < 1.29 is 9.84 Å². The molecule has 0 atom stereocenters. The van der Waals surface area contributed by atoms with Crippen LogP contribution >= 0.6 is 0 Å². The number of ether oxygens (including phenoxy) is 1. The monoisotopic (exact) mass is 250 g/mol. The molecule has 0 aromatic heterocycles. The minimum Gasteiger partial charge on any atom is -0.504 e. The standard InChI is InChI=1S/C14H22N2O2/c1-3-11-8-12(14(17)13(9-11)18-2)10-16-6-4-15-5-7-16/h8-9,15,17H,3-7,10H2,1-2H3. The number of nitrogens with one attached hydrogen (secondary N) is 1. The Morgan fingerprint density at radius 3 is 2.67 bits per heavy atom.